The van der Waals surface area contributed by atoms with E-state index in [-0.39, 0.29) is 26.9 Å². The second-order valence-corrected chi connectivity index (χ2v) is 10.0. The van der Waals surface area contributed by atoms with E-state index < -0.39 is 25.8 Å². The van der Waals surface area contributed by atoms with Gasteiger partial charge in [0.1, 0.15) is 5.03 Å². The van der Waals surface area contributed by atoms with Crippen LogP contribution in [0.3, 0.4) is 0 Å². The first-order valence-electron chi connectivity index (χ1n) is 8.61. The molecule has 148 valence electrons. The molecule has 0 spiro atoms. The highest BCUT2D eigenvalue weighted by Gasteiger charge is 2.38. The number of nitrogens with zero attached hydrogens (tertiary/aromatic N) is 1. The van der Waals surface area contributed by atoms with Gasteiger partial charge in [0.05, 0.1) is 15.4 Å². The first-order chi connectivity index (χ1) is 13.2. The highest BCUT2D eigenvalue weighted by Crippen LogP contribution is 2.37. The Balaban J connectivity index is 2.09. The molecule has 0 saturated carbocycles. The van der Waals surface area contributed by atoms with Gasteiger partial charge in [-0.15, -0.1) is 0 Å². The van der Waals surface area contributed by atoms with Crippen LogP contribution >= 0.6 is 0 Å². The molecular weight excluding hydrogens is 402 g/mol. The number of carboxylic acids is 1. The Hall–Kier alpha value is -2.65. The first-order valence-corrected chi connectivity index (χ1v) is 11.5. The SMILES string of the molecule is CCCCN(C1=Cc2ccccc2S1(=O)=O)S(=O)(=O)c1ccc(C(=O)O)cc1. The lowest BCUT2D eigenvalue weighted by Gasteiger charge is -2.25. The van der Waals surface area contributed by atoms with Gasteiger partial charge in [-0.2, -0.15) is 0 Å². The molecule has 0 aliphatic carbocycles. The minimum atomic E-state index is -4.20. The average Bonchev–Trinajstić information content (AvgIpc) is 2.93. The van der Waals surface area contributed by atoms with E-state index in [2.05, 4.69) is 0 Å². The topological polar surface area (TPSA) is 109 Å². The van der Waals surface area contributed by atoms with Crippen molar-refractivity contribution in [1.82, 2.24) is 4.31 Å². The van der Waals surface area contributed by atoms with Gasteiger partial charge < -0.3 is 5.11 Å². The van der Waals surface area contributed by atoms with Gasteiger partial charge in [0.15, 0.2) is 0 Å². The summed E-state index contributed by atoms with van der Waals surface area (Å²) in [6.07, 6.45) is 2.50. The third kappa shape index (κ3) is 3.43. The van der Waals surface area contributed by atoms with E-state index in [9.17, 15) is 21.6 Å². The molecule has 2 aromatic rings. The van der Waals surface area contributed by atoms with Gasteiger partial charge in [-0.3, -0.25) is 4.31 Å². The quantitative estimate of drug-likeness (QED) is 0.736. The van der Waals surface area contributed by atoms with Crippen LogP contribution in [-0.2, 0) is 19.9 Å². The maximum atomic E-state index is 13.2. The lowest BCUT2D eigenvalue weighted by molar-refractivity contribution is 0.0696. The Morgan fingerprint density at radius 1 is 1.07 bits per heavy atom. The smallest absolute Gasteiger partial charge is 0.335 e. The molecule has 0 bridgehead atoms. The number of carbonyl (C=O) groups is 1. The van der Waals surface area contributed by atoms with Crippen LogP contribution in [0.2, 0.25) is 0 Å². The number of hydrogen-bond acceptors (Lipinski definition) is 5. The highest BCUT2D eigenvalue weighted by atomic mass is 32.2. The summed E-state index contributed by atoms with van der Waals surface area (Å²) in [6.45, 7) is 1.87. The first kappa shape index (κ1) is 20.1. The third-order valence-corrected chi connectivity index (χ3v) is 8.20. The van der Waals surface area contributed by atoms with Crippen LogP contribution in [0, 0.1) is 0 Å². The number of rotatable bonds is 7. The summed E-state index contributed by atoms with van der Waals surface area (Å²) in [6, 6.07) is 11.0. The Morgan fingerprint density at radius 2 is 1.71 bits per heavy atom. The molecule has 9 heteroatoms. The number of sulfonamides is 1. The van der Waals surface area contributed by atoms with Crippen LogP contribution in [-0.4, -0.2) is 38.8 Å². The zero-order valence-corrected chi connectivity index (χ0v) is 16.7. The standard InChI is InChI=1S/C19H19NO6S2/c1-2-3-12-20(18-13-15-6-4-5-7-17(15)27(18,23)24)28(25,26)16-10-8-14(9-11-16)19(21)22/h4-11,13H,2-3,12H2,1H3,(H,21,22). The van der Waals surface area contributed by atoms with Crippen molar-refractivity contribution >= 4 is 31.9 Å². The van der Waals surface area contributed by atoms with E-state index >= 15 is 0 Å². The normalized spacial score (nSPS) is 15.0. The van der Waals surface area contributed by atoms with Crippen LogP contribution in [0.5, 0.6) is 0 Å². The number of fused-ring (bicyclic) bond motifs is 1. The van der Waals surface area contributed by atoms with E-state index in [0.717, 1.165) is 4.31 Å². The largest absolute Gasteiger partial charge is 0.478 e. The fraction of sp³-hybridized carbons (Fsp3) is 0.211. The Kier molecular flexibility index (Phi) is 5.31. The van der Waals surface area contributed by atoms with Gasteiger partial charge in [0.2, 0.25) is 9.84 Å². The molecule has 0 aromatic heterocycles. The van der Waals surface area contributed by atoms with Crippen LogP contribution in [0.4, 0.5) is 0 Å². The number of hydrogen-bond donors (Lipinski definition) is 1. The van der Waals surface area contributed by atoms with E-state index in [1.165, 1.54) is 36.4 Å². The van der Waals surface area contributed by atoms with Gasteiger partial charge in [-0.05, 0) is 48.4 Å². The molecule has 0 amide bonds. The third-order valence-electron chi connectivity index (χ3n) is 4.41. The summed E-state index contributed by atoms with van der Waals surface area (Å²) in [4.78, 5) is 10.9. The number of sulfone groups is 1. The van der Waals surface area contributed by atoms with Crippen LogP contribution in [0.1, 0.15) is 35.7 Å². The van der Waals surface area contributed by atoms with E-state index in [1.807, 2.05) is 6.92 Å². The molecule has 1 heterocycles. The summed E-state index contributed by atoms with van der Waals surface area (Å²) < 4.78 is 53.3. The van der Waals surface area contributed by atoms with Crippen LogP contribution in [0.15, 0.2) is 63.4 Å². The van der Waals surface area contributed by atoms with Gasteiger partial charge in [0, 0.05) is 6.54 Å². The fourth-order valence-electron chi connectivity index (χ4n) is 2.92. The fourth-order valence-corrected chi connectivity index (χ4v) is 6.47. The summed E-state index contributed by atoms with van der Waals surface area (Å²) in [5.74, 6) is -1.18. The molecule has 1 aliphatic rings. The zero-order valence-electron chi connectivity index (χ0n) is 15.1. The maximum absolute atomic E-state index is 13.2. The van der Waals surface area contributed by atoms with Crippen LogP contribution < -0.4 is 0 Å². The summed E-state index contributed by atoms with van der Waals surface area (Å²) in [5.41, 5.74) is 0.384. The second-order valence-electron chi connectivity index (χ2n) is 6.28. The predicted molar refractivity (Wildman–Crippen MR) is 104 cm³/mol. The number of unbranched alkanes of at least 4 members (excludes halogenated alkanes) is 1. The van der Waals surface area contributed by atoms with E-state index in [0.29, 0.717) is 18.4 Å². The molecule has 0 saturated heterocycles. The molecule has 7 nitrogen and oxygen atoms in total. The summed E-state index contributed by atoms with van der Waals surface area (Å²) >= 11 is 0. The van der Waals surface area contributed by atoms with Gasteiger partial charge in [-0.1, -0.05) is 31.5 Å². The molecule has 0 unspecified atom stereocenters. The van der Waals surface area contributed by atoms with Crippen molar-refractivity contribution in [1.29, 1.82) is 0 Å². The number of carboxylic acid groups (broad SMARTS) is 1. The second kappa shape index (κ2) is 7.40. The molecule has 0 radical (unpaired) electrons. The molecule has 3 rings (SSSR count). The highest BCUT2D eigenvalue weighted by molar-refractivity contribution is 7.97. The minimum Gasteiger partial charge on any atom is -0.478 e. The Bertz CT molecular complexity index is 1150. The molecule has 1 N–H and O–H groups in total. The van der Waals surface area contributed by atoms with E-state index in [4.69, 9.17) is 5.11 Å². The molecule has 2 aromatic carbocycles. The van der Waals surface area contributed by atoms with Crippen molar-refractivity contribution in [3.05, 3.63) is 64.7 Å². The average molecular weight is 421 g/mol. The molecule has 0 atom stereocenters. The predicted octanol–water partition coefficient (Wildman–Crippen LogP) is 2.96. The monoisotopic (exact) mass is 421 g/mol. The Morgan fingerprint density at radius 3 is 2.29 bits per heavy atom. The van der Waals surface area contributed by atoms with Crippen molar-refractivity contribution in [3.8, 4) is 0 Å². The molecule has 1 aliphatic heterocycles. The number of aromatic carboxylic acids is 1. The molecular formula is C19H19NO6S2. The maximum Gasteiger partial charge on any atom is 0.335 e. The summed E-state index contributed by atoms with van der Waals surface area (Å²) in [7, 11) is -8.17. The van der Waals surface area contributed by atoms with Crippen molar-refractivity contribution < 1.29 is 26.7 Å². The lowest BCUT2D eigenvalue weighted by atomic mass is 10.2. The number of benzene rings is 2. The van der Waals surface area contributed by atoms with Crippen molar-refractivity contribution in [2.75, 3.05) is 6.54 Å². The molecule has 28 heavy (non-hydrogen) atoms. The van der Waals surface area contributed by atoms with Gasteiger partial charge >= 0.3 is 5.97 Å². The summed E-state index contributed by atoms with van der Waals surface area (Å²) in [5, 5.41) is 8.71. The van der Waals surface area contributed by atoms with Crippen molar-refractivity contribution in [2.24, 2.45) is 0 Å². The minimum absolute atomic E-state index is 0.00142. The van der Waals surface area contributed by atoms with Gasteiger partial charge in [0.25, 0.3) is 10.0 Å². The Labute approximate surface area is 163 Å². The molecule has 0 fully saturated rings. The lowest BCUT2D eigenvalue weighted by Crippen LogP contribution is -2.33. The van der Waals surface area contributed by atoms with Crippen molar-refractivity contribution in [3.63, 3.8) is 0 Å². The van der Waals surface area contributed by atoms with E-state index in [1.54, 1.807) is 18.2 Å². The van der Waals surface area contributed by atoms with Gasteiger partial charge in [-0.25, -0.2) is 21.6 Å². The van der Waals surface area contributed by atoms with Crippen molar-refractivity contribution in [2.45, 2.75) is 29.6 Å². The zero-order chi connectivity index (χ0) is 20.5. The van der Waals surface area contributed by atoms with Crippen LogP contribution in [0.25, 0.3) is 6.08 Å².